The molecule has 0 saturated heterocycles. The van der Waals surface area contributed by atoms with Crippen molar-refractivity contribution in [3.8, 4) is 5.75 Å². The van der Waals surface area contributed by atoms with Gasteiger partial charge in [-0.05, 0) is 37.6 Å². The lowest BCUT2D eigenvalue weighted by Gasteiger charge is -2.07. The minimum absolute atomic E-state index is 0.0458. The first-order valence-corrected chi connectivity index (χ1v) is 6.67. The Balaban J connectivity index is 2.48. The van der Waals surface area contributed by atoms with E-state index in [2.05, 4.69) is 0 Å². The van der Waals surface area contributed by atoms with Gasteiger partial charge < -0.3 is 4.74 Å². The van der Waals surface area contributed by atoms with Crippen LogP contribution in [-0.4, -0.2) is 12.9 Å². The van der Waals surface area contributed by atoms with Gasteiger partial charge in [-0.15, -0.1) is 11.3 Å². The van der Waals surface area contributed by atoms with Gasteiger partial charge in [0.1, 0.15) is 5.75 Å². The summed E-state index contributed by atoms with van der Waals surface area (Å²) in [5.41, 5.74) is 2.53. The van der Waals surface area contributed by atoms with E-state index >= 15 is 0 Å². The van der Waals surface area contributed by atoms with Gasteiger partial charge in [-0.25, -0.2) is 0 Å². The monoisotopic (exact) mass is 280 g/mol. The molecule has 0 aliphatic rings. The highest BCUT2D eigenvalue weighted by molar-refractivity contribution is 7.18. The van der Waals surface area contributed by atoms with Crippen LogP contribution < -0.4 is 4.74 Å². The number of ether oxygens (including phenoxy) is 1. The minimum atomic E-state index is -0.0458. The summed E-state index contributed by atoms with van der Waals surface area (Å²) in [5, 5.41) is 0. The van der Waals surface area contributed by atoms with Gasteiger partial charge in [0.25, 0.3) is 0 Å². The summed E-state index contributed by atoms with van der Waals surface area (Å²) in [6.45, 7) is 3.84. The largest absolute Gasteiger partial charge is 0.496 e. The second kappa shape index (κ2) is 5.12. The van der Waals surface area contributed by atoms with Gasteiger partial charge in [0.05, 0.1) is 21.9 Å². The van der Waals surface area contributed by atoms with Gasteiger partial charge in [-0.3, -0.25) is 4.79 Å². The highest BCUT2D eigenvalue weighted by Crippen LogP contribution is 2.31. The summed E-state index contributed by atoms with van der Waals surface area (Å²) < 4.78 is 5.89. The number of carbonyl (C=O) groups excluding carboxylic acids is 1. The maximum Gasteiger partial charge on any atom is 0.206 e. The Hall–Kier alpha value is -1.32. The number of carbonyl (C=O) groups is 1. The molecule has 1 aromatic carbocycles. The molecule has 0 unspecified atom stereocenters. The lowest BCUT2D eigenvalue weighted by atomic mass is 10.1. The van der Waals surface area contributed by atoms with Crippen LogP contribution >= 0.6 is 22.9 Å². The SMILES string of the molecule is COc1ccc(C)cc1C(=O)c1cc(C)c(Cl)s1. The highest BCUT2D eigenvalue weighted by atomic mass is 35.5. The molecule has 0 spiro atoms. The number of rotatable bonds is 3. The number of benzene rings is 1. The van der Waals surface area contributed by atoms with E-state index in [1.807, 2.05) is 38.1 Å². The molecular formula is C14H13ClO2S. The number of aryl methyl sites for hydroxylation is 2. The second-order valence-corrected chi connectivity index (χ2v) is 5.75. The molecule has 1 aromatic heterocycles. The first kappa shape index (κ1) is 13.1. The van der Waals surface area contributed by atoms with Crippen molar-refractivity contribution in [2.75, 3.05) is 7.11 Å². The maximum atomic E-state index is 12.4. The second-order valence-electron chi connectivity index (χ2n) is 4.10. The van der Waals surface area contributed by atoms with Crippen molar-refractivity contribution in [1.29, 1.82) is 0 Å². The first-order chi connectivity index (χ1) is 8.52. The quantitative estimate of drug-likeness (QED) is 0.786. The van der Waals surface area contributed by atoms with E-state index in [9.17, 15) is 4.79 Å². The Morgan fingerprint density at radius 1 is 1.28 bits per heavy atom. The van der Waals surface area contributed by atoms with Crippen LogP contribution in [0.3, 0.4) is 0 Å². The van der Waals surface area contributed by atoms with E-state index in [-0.39, 0.29) is 5.78 Å². The predicted molar refractivity (Wildman–Crippen MR) is 75.2 cm³/mol. The summed E-state index contributed by atoms with van der Waals surface area (Å²) in [6, 6.07) is 7.38. The number of methoxy groups -OCH3 is 1. The molecule has 2 aromatic rings. The minimum Gasteiger partial charge on any atom is -0.496 e. The Kier molecular flexibility index (Phi) is 3.73. The standard InChI is InChI=1S/C14H13ClO2S/c1-8-4-5-11(17-3)10(6-8)13(16)12-7-9(2)14(15)18-12/h4-7H,1-3H3. The zero-order valence-corrected chi connectivity index (χ0v) is 12.0. The van der Waals surface area contributed by atoms with Gasteiger partial charge in [0, 0.05) is 0 Å². The average molecular weight is 281 g/mol. The molecule has 0 saturated carbocycles. The van der Waals surface area contributed by atoms with Crippen LogP contribution in [0.2, 0.25) is 4.34 Å². The fourth-order valence-electron chi connectivity index (χ4n) is 1.70. The third-order valence-electron chi connectivity index (χ3n) is 2.68. The zero-order chi connectivity index (χ0) is 13.3. The van der Waals surface area contributed by atoms with E-state index in [1.54, 1.807) is 7.11 Å². The lowest BCUT2D eigenvalue weighted by molar-refractivity contribution is 0.103. The van der Waals surface area contributed by atoms with Crippen LogP contribution in [0.25, 0.3) is 0 Å². The Morgan fingerprint density at radius 3 is 2.56 bits per heavy atom. The number of ketones is 1. The van der Waals surface area contributed by atoms with Crippen LogP contribution in [0.15, 0.2) is 24.3 Å². The van der Waals surface area contributed by atoms with Crippen molar-refractivity contribution in [1.82, 2.24) is 0 Å². The van der Waals surface area contributed by atoms with E-state index in [1.165, 1.54) is 11.3 Å². The molecular weight excluding hydrogens is 268 g/mol. The molecule has 1 heterocycles. The Bertz CT molecular complexity index is 582. The third-order valence-corrected chi connectivity index (χ3v) is 4.23. The van der Waals surface area contributed by atoms with Crippen molar-refractivity contribution >= 4 is 28.7 Å². The number of halogens is 1. The van der Waals surface area contributed by atoms with Crippen molar-refractivity contribution in [3.63, 3.8) is 0 Å². The molecule has 0 aliphatic carbocycles. The smallest absolute Gasteiger partial charge is 0.206 e. The molecule has 0 N–H and O–H groups in total. The van der Waals surface area contributed by atoms with E-state index < -0.39 is 0 Å². The summed E-state index contributed by atoms with van der Waals surface area (Å²) in [4.78, 5) is 13.1. The van der Waals surface area contributed by atoms with E-state index in [0.717, 1.165) is 11.1 Å². The summed E-state index contributed by atoms with van der Waals surface area (Å²) >= 11 is 7.30. The Morgan fingerprint density at radius 2 is 2.00 bits per heavy atom. The van der Waals surface area contributed by atoms with E-state index in [0.29, 0.717) is 20.5 Å². The maximum absolute atomic E-state index is 12.4. The average Bonchev–Trinajstić information content (AvgIpc) is 2.68. The molecule has 0 atom stereocenters. The molecule has 0 bridgehead atoms. The molecule has 0 radical (unpaired) electrons. The third kappa shape index (κ3) is 2.42. The van der Waals surface area contributed by atoms with Crippen LogP contribution in [0.1, 0.15) is 26.4 Å². The van der Waals surface area contributed by atoms with Crippen LogP contribution in [0, 0.1) is 13.8 Å². The van der Waals surface area contributed by atoms with E-state index in [4.69, 9.17) is 16.3 Å². The summed E-state index contributed by atoms with van der Waals surface area (Å²) in [7, 11) is 1.56. The predicted octanol–water partition coefficient (Wildman–Crippen LogP) is 4.26. The fourth-order valence-corrected chi connectivity index (χ4v) is 2.86. The number of hydrogen-bond donors (Lipinski definition) is 0. The van der Waals surface area contributed by atoms with Crippen LogP contribution in [-0.2, 0) is 0 Å². The van der Waals surface area contributed by atoms with Gasteiger partial charge in [-0.2, -0.15) is 0 Å². The molecule has 2 rings (SSSR count). The number of thiophene rings is 1. The summed E-state index contributed by atoms with van der Waals surface area (Å²) in [6.07, 6.45) is 0. The van der Waals surface area contributed by atoms with Gasteiger partial charge in [0.2, 0.25) is 5.78 Å². The topological polar surface area (TPSA) is 26.3 Å². The molecule has 18 heavy (non-hydrogen) atoms. The van der Waals surface area contributed by atoms with Crippen LogP contribution in [0.4, 0.5) is 0 Å². The molecule has 0 fully saturated rings. The molecule has 0 aliphatic heterocycles. The molecule has 2 nitrogen and oxygen atoms in total. The van der Waals surface area contributed by atoms with Gasteiger partial charge in [-0.1, -0.05) is 23.2 Å². The molecule has 0 amide bonds. The Labute approximate surface area is 115 Å². The number of hydrogen-bond acceptors (Lipinski definition) is 3. The van der Waals surface area contributed by atoms with Crippen LogP contribution in [0.5, 0.6) is 5.75 Å². The van der Waals surface area contributed by atoms with Gasteiger partial charge in [0.15, 0.2) is 0 Å². The summed E-state index contributed by atoms with van der Waals surface area (Å²) in [5.74, 6) is 0.545. The normalized spacial score (nSPS) is 10.4. The van der Waals surface area contributed by atoms with Crippen molar-refractivity contribution in [3.05, 3.63) is 50.2 Å². The van der Waals surface area contributed by atoms with Gasteiger partial charge >= 0.3 is 0 Å². The molecule has 94 valence electrons. The zero-order valence-electron chi connectivity index (χ0n) is 10.4. The van der Waals surface area contributed by atoms with Crippen molar-refractivity contribution in [2.24, 2.45) is 0 Å². The van der Waals surface area contributed by atoms with Crippen molar-refractivity contribution in [2.45, 2.75) is 13.8 Å². The lowest BCUT2D eigenvalue weighted by Crippen LogP contribution is -2.02. The fraction of sp³-hybridized carbons (Fsp3) is 0.214. The van der Waals surface area contributed by atoms with Crippen molar-refractivity contribution < 1.29 is 9.53 Å². The first-order valence-electron chi connectivity index (χ1n) is 5.48. The highest BCUT2D eigenvalue weighted by Gasteiger charge is 2.17. The molecule has 4 heteroatoms.